The van der Waals surface area contributed by atoms with Gasteiger partial charge in [0.2, 0.25) is 0 Å². The van der Waals surface area contributed by atoms with Crippen molar-refractivity contribution in [3.8, 4) is 0 Å². The standard InChI is InChI=1S/C16H14N2O2S/c1-20-16(19)18-15-9-11-7-8-13(10-14(11)17-15)21-12-5-3-2-4-6-12/h2-8,10H,9H2,1H3,(H,17,18,19). The Morgan fingerprint density at radius 3 is 2.76 bits per heavy atom. The monoisotopic (exact) mass is 298 g/mol. The zero-order chi connectivity index (χ0) is 14.7. The van der Waals surface area contributed by atoms with Crippen LogP contribution in [0.25, 0.3) is 0 Å². The molecule has 1 aliphatic heterocycles. The van der Waals surface area contributed by atoms with Gasteiger partial charge in [-0.2, -0.15) is 0 Å². The summed E-state index contributed by atoms with van der Waals surface area (Å²) in [5, 5.41) is 2.63. The molecule has 0 aliphatic carbocycles. The third-order valence-corrected chi connectivity index (χ3v) is 4.08. The highest BCUT2D eigenvalue weighted by Gasteiger charge is 2.17. The summed E-state index contributed by atoms with van der Waals surface area (Å²) >= 11 is 1.69. The van der Waals surface area contributed by atoms with Gasteiger partial charge in [0.25, 0.3) is 0 Å². The second kappa shape index (κ2) is 6.01. The van der Waals surface area contributed by atoms with E-state index in [0.717, 1.165) is 16.1 Å². The van der Waals surface area contributed by atoms with Gasteiger partial charge in [-0.3, -0.25) is 5.32 Å². The molecule has 1 N–H and O–H groups in total. The van der Waals surface area contributed by atoms with Crippen LogP contribution >= 0.6 is 11.8 Å². The molecule has 0 atom stereocenters. The van der Waals surface area contributed by atoms with Gasteiger partial charge in [0.15, 0.2) is 0 Å². The normalized spacial score (nSPS) is 12.5. The van der Waals surface area contributed by atoms with E-state index in [4.69, 9.17) is 0 Å². The summed E-state index contributed by atoms with van der Waals surface area (Å²) in [6.45, 7) is 0. The number of aliphatic imine (C=N–C) groups is 1. The van der Waals surface area contributed by atoms with Crippen LogP contribution in [0.1, 0.15) is 5.56 Å². The lowest BCUT2D eigenvalue weighted by atomic mass is 10.1. The number of hydrogen-bond acceptors (Lipinski definition) is 4. The molecule has 1 amide bonds. The molecule has 106 valence electrons. The molecular formula is C16H14N2O2S. The van der Waals surface area contributed by atoms with Crippen molar-refractivity contribution < 1.29 is 9.53 Å². The first-order valence-electron chi connectivity index (χ1n) is 6.53. The average molecular weight is 298 g/mol. The third kappa shape index (κ3) is 3.25. The number of rotatable bonds is 2. The molecule has 21 heavy (non-hydrogen) atoms. The van der Waals surface area contributed by atoms with Crippen molar-refractivity contribution in [2.75, 3.05) is 7.11 Å². The number of alkyl carbamates (subject to hydrolysis) is 1. The number of carbonyl (C=O) groups is 1. The second-order valence-corrected chi connectivity index (χ2v) is 5.70. The van der Waals surface area contributed by atoms with Gasteiger partial charge in [-0.15, -0.1) is 0 Å². The fraction of sp³-hybridized carbons (Fsp3) is 0.125. The fourth-order valence-corrected chi connectivity index (χ4v) is 2.96. The van der Waals surface area contributed by atoms with Crippen molar-refractivity contribution in [2.45, 2.75) is 16.2 Å². The Kier molecular flexibility index (Phi) is 3.92. The molecule has 0 unspecified atom stereocenters. The van der Waals surface area contributed by atoms with E-state index in [2.05, 4.69) is 39.3 Å². The van der Waals surface area contributed by atoms with E-state index in [9.17, 15) is 4.79 Å². The van der Waals surface area contributed by atoms with Crippen molar-refractivity contribution in [1.29, 1.82) is 0 Å². The number of nitrogens with zero attached hydrogens (tertiary/aromatic N) is 1. The summed E-state index contributed by atoms with van der Waals surface area (Å²) in [5.74, 6) is 0.624. The summed E-state index contributed by atoms with van der Waals surface area (Å²) in [5.41, 5.74) is 2.01. The molecule has 1 aliphatic rings. The van der Waals surface area contributed by atoms with Gasteiger partial charge in [-0.05, 0) is 29.8 Å². The van der Waals surface area contributed by atoms with E-state index in [0.29, 0.717) is 12.3 Å². The number of carbonyl (C=O) groups excluding carboxylic acids is 1. The van der Waals surface area contributed by atoms with Crippen LogP contribution in [-0.4, -0.2) is 19.0 Å². The number of methoxy groups -OCH3 is 1. The Morgan fingerprint density at radius 1 is 1.19 bits per heavy atom. The van der Waals surface area contributed by atoms with Crippen molar-refractivity contribution in [1.82, 2.24) is 5.32 Å². The number of hydrogen-bond donors (Lipinski definition) is 1. The number of ether oxygens (including phenoxy) is 1. The van der Waals surface area contributed by atoms with Gasteiger partial charge >= 0.3 is 6.09 Å². The van der Waals surface area contributed by atoms with Crippen LogP contribution in [0.15, 0.2) is 63.3 Å². The Balaban J connectivity index is 1.77. The molecule has 4 nitrogen and oxygen atoms in total. The van der Waals surface area contributed by atoms with Crippen molar-refractivity contribution in [2.24, 2.45) is 4.99 Å². The highest BCUT2D eigenvalue weighted by atomic mass is 32.2. The molecule has 5 heteroatoms. The van der Waals surface area contributed by atoms with Gasteiger partial charge in [-0.25, -0.2) is 9.79 Å². The van der Waals surface area contributed by atoms with E-state index >= 15 is 0 Å². The van der Waals surface area contributed by atoms with Crippen molar-refractivity contribution >= 4 is 29.4 Å². The minimum atomic E-state index is -0.486. The maximum absolute atomic E-state index is 11.2. The number of fused-ring (bicyclic) bond motifs is 1. The van der Waals surface area contributed by atoms with Crippen LogP contribution in [0.5, 0.6) is 0 Å². The van der Waals surface area contributed by atoms with Crippen LogP contribution in [-0.2, 0) is 11.2 Å². The van der Waals surface area contributed by atoms with Crippen LogP contribution in [0.2, 0.25) is 0 Å². The number of benzene rings is 2. The third-order valence-electron chi connectivity index (χ3n) is 3.08. The minimum absolute atomic E-state index is 0.486. The van der Waals surface area contributed by atoms with E-state index in [-0.39, 0.29) is 0 Å². The Morgan fingerprint density at radius 2 is 2.00 bits per heavy atom. The minimum Gasteiger partial charge on any atom is -0.453 e. The Hall–Kier alpha value is -2.27. The largest absolute Gasteiger partial charge is 0.453 e. The number of amides is 1. The van der Waals surface area contributed by atoms with E-state index in [1.54, 1.807) is 11.8 Å². The summed E-state index contributed by atoms with van der Waals surface area (Å²) in [7, 11) is 1.34. The topological polar surface area (TPSA) is 50.7 Å². The summed E-state index contributed by atoms with van der Waals surface area (Å²) in [6.07, 6.45) is 0.140. The van der Waals surface area contributed by atoms with Crippen LogP contribution in [0.4, 0.5) is 10.5 Å². The highest BCUT2D eigenvalue weighted by Crippen LogP contribution is 2.34. The predicted molar refractivity (Wildman–Crippen MR) is 83.3 cm³/mol. The first-order chi connectivity index (χ1) is 10.2. The predicted octanol–water partition coefficient (Wildman–Crippen LogP) is 3.78. The SMILES string of the molecule is COC(=O)NC1=Nc2cc(Sc3ccccc3)ccc2C1. The maximum atomic E-state index is 11.2. The van der Waals surface area contributed by atoms with Gasteiger partial charge in [0.05, 0.1) is 12.8 Å². The van der Waals surface area contributed by atoms with Gasteiger partial charge in [0.1, 0.15) is 5.84 Å². The first-order valence-corrected chi connectivity index (χ1v) is 7.34. The molecule has 2 aromatic rings. The molecule has 1 heterocycles. The number of nitrogens with one attached hydrogen (secondary N) is 1. The van der Waals surface area contributed by atoms with Gasteiger partial charge in [0, 0.05) is 16.2 Å². The van der Waals surface area contributed by atoms with E-state index in [1.807, 2.05) is 24.3 Å². The molecule has 0 saturated carbocycles. The Labute approximate surface area is 127 Å². The van der Waals surface area contributed by atoms with Crippen LogP contribution in [0.3, 0.4) is 0 Å². The quantitative estimate of drug-likeness (QED) is 0.918. The zero-order valence-electron chi connectivity index (χ0n) is 11.5. The van der Waals surface area contributed by atoms with Crippen LogP contribution in [0, 0.1) is 0 Å². The second-order valence-electron chi connectivity index (χ2n) is 4.56. The summed E-state index contributed by atoms with van der Waals surface area (Å²) < 4.78 is 4.58. The van der Waals surface area contributed by atoms with Crippen LogP contribution < -0.4 is 5.32 Å². The van der Waals surface area contributed by atoms with Gasteiger partial charge in [-0.1, -0.05) is 36.0 Å². The van der Waals surface area contributed by atoms with Crippen molar-refractivity contribution in [3.05, 3.63) is 54.1 Å². The highest BCUT2D eigenvalue weighted by molar-refractivity contribution is 7.99. The number of amidine groups is 1. The fourth-order valence-electron chi connectivity index (χ4n) is 2.09. The molecule has 0 fully saturated rings. The molecule has 0 aromatic heterocycles. The average Bonchev–Trinajstić information content (AvgIpc) is 2.89. The zero-order valence-corrected chi connectivity index (χ0v) is 12.3. The lowest BCUT2D eigenvalue weighted by Gasteiger charge is -2.03. The Bertz CT molecular complexity index is 699. The molecule has 3 rings (SSSR count). The molecule has 0 radical (unpaired) electrons. The summed E-state index contributed by atoms with van der Waals surface area (Å²) in [4.78, 5) is 18.0. The molecular weight excluding hydrogens is 284 g/mol. The smallest absolute Gasteiger partial charge is 0.412 e. The lowest BCUT2D eigenvalue weighted by molar-refractivity contribution is 0.176. The van der Waals surface area contributed by atoms with Gasteiger partial charge < -0.3 is 4.74 Å². The summed E-state index contributed by atoms with van der Waals surface area (Å²) in [6, 6.07) is 16.4. The first kappa shape index (κ1) is 13.7. The van der Waals surface area contributed by atoms with Crippen molar-refractivity contribution in [3.63, 3.8) is 0 Å². The molecule has 0 spiro atoms. The molecule has 0 bridgehead atoms. The molecule has 2 aromatic carbocycles. The lowest BCUT2D eigenvalue weighted by Crippen LogP contribution is -2.30. The maximum Gasteiger partial charge on any atom is 0.412 e. The van der Waals surface area contributed by atoms with E-state index < -0.39 is 6.09 Å². The van der Waals surface area contributed by atoms with E-state index in [1.165, 1.54) is 12.0 Å². The molecule has 0 saturated heterocycles.